The first-order chi connectivity index (χ1) is 10.1. The van der Waals surface area contributed by atoms with Gasteiger partial charge < -0.3 is 20.5 Å². The molecule has 0 aliphatic rings. The van der Waals surface area contributed by atoms with Crippen LogP contribution in [0.25, 0.3) is 0 Å². The molecule has 0 fully saturated rings. The van der Waals surface area contributed by atoms with Gasteiger partial charge in [-0.15, -0.1) is 0 Å². The smallest absolute Gasteiger partial charge is 0.239 e. The van der Waals surface area contributed by atoms with Gasteiger partial charge in [-0.05, 0) is 36.8 Å². The van der Waals surface area contributed by atoms with Crippen LogP contribution >= 0.6 is 11.6 Å². The summed E-state index contributed by atoms with van der Waals surface area (Å²) in [7, 11) is 1.60. The fourth-order valence-corrected chi connectivity index (χ4v) is 1.92. The van der Waals surface area contributed by atoms with Gasteiger partial charge in [0.15, 0.2) is 0 Å². The Balaban J connectivity index is 2.25. The van der Waals surface area contributed by atoms with Crippen molar-refractivity contribution in [3.8, 4) is 11.6 Å². The molecule has 0 atom stereocenters. The number of nitrogens with one attached hydrogen (secondary N) is 1. The molecule has 0 bridgehead atoms. The Labute approximate surface area is 129 Å². The fourth-order valence-electron chi connectivity index (χ4n) is 1.75. The van der Waals surface area contributed by atoms with Crippen molar-refractivity contribution in [2.45, 2.75) is 13.3 Å². The summed E-state index contributed by atoms with van der Waals surface area (Å²) in [5, 5.41) is 3.76. The Morgan fingerprint density at radius 2 is 2.10 bits per heavy atom. The topological polar surface area (TPSA) is 69.4 Å². The Hall–Kier alpha value is -2.14. The third-order valence-corrected chi connectivity index (χ3v) is 2.99. The molecule has 5 nitrogen and oxygen atoms in total. The number of hydrogen-bond donors (Lipinski definition) is 2. The zero-order chi connectivity index (χ0) is 15.2. The van der Waals surface area contributed by atoms with Crippen LogP contribution in [0.5, 0.6) is 11.6 Å². The van der Waals surface area contributed by atoms with Gasteiger partial charge in [0.25, 0.3) is 0 Å². The maximum absolute atomic E-state index is 6.00. The first-order valence-electron chi connectivity index (χ1n) is 6.64. The van der Waals surface area contributed by atoms with E-state index < -0.39 is 0 Å². The van der Waals surface area contributed by atoms with E-state index in [2.05, 4.69) is 10.3 Å². The van der Waals surface area contributed by atoms with E-state index in [1.807, 2.05) is 6.92 Å². The van der Waals surface area contributed by atoms with Crippen LogP contribution in [0, 0.1) is 0 Å². The minimum Gasteiger partial charge on any atom is -0.495 e. The van der Waals surface area contributed by atoms with Gasteiger partial charge in [-0.2, -0.15) is 4.98 Å². The molecule has 0 aliphatic heterocycles. The summed E-state index contributed by atoms with van der Waals surface area (Å²) >= 11 is 6.00. The lowest BCUT2D eigenvalue weighted by Crippen LogP contribution is -2.03. The van der Waals surface area contributed by atoms with Gasteiger partial charge in [0, 0.05) is 5.02 Å². The van der Waals surface area contributed by atoms with Crippen molar-refractivity contribution in [1.29, 1.82) is 0 Å². The predicted octanol–water partition coefficient (Wildman–Crippen LogP) is 3.86. The Morgan fingerprint density at radius 3 is 2.81 bits per heavy atom. The summed E-state index contributed by atoms with van der Waals surface area (Å²) in [5.74, 6) is 1.70. The number of methoxy groups -OCH3 is 1. The quantitative estimate of drug-likeness (QED) is 0.848. The molecule has 1 aromatic heterocycles. The first kappa shape index (κ1) is 15.3. The van der Waals surface area contributed by atoms with E-state index in [-0.39, 0.29) is 0 Å². The van der Waals surface area contributed by atoms with Gasteiger partial charge in [0.05, 0.1) is 25.1 Å². The molecule has 0 saturated heterocycles. The second-order valence-corrected chi connectivity index (χ2v) is 4.85. The van der Waals surface area contributed by atoms with Crippen LogP contribution in [0.2, 0.25) is 5.02 Å². The fraction of sp³-hybridized carbons (Fsp3) is 0.267. The maximum atomic E-state index is 6.00. The number of rotatable bonds is 6. The highest BCUT2D eigenvalue weighted by Gasteiger charge is 2.08. The summed E-state index contributed by atoms with van der Waals surface area (Å²) in [6, 6.07) is 8.84. The molecule has 0 aliphatic carbocycles. The second-order valence-electron chi connectivity index (χ2n) is 4.41. The summed E-state index contributed by atoms with van der Waals surface area (Å²) in [6.45, 7) is 2.59. The molecule has 0 radical (unpaired) electrons. The van der Waals surface area contributed by atoms with Crippen LogP contribution in [0.15, 0.2) is 30.3 Å². The number of nitrogens with two attached hydrogens (primary N) is 1. The number of aromatic nitrogens is 1. The third kappa shape index (κ3) is 3.92. The lowest BCUT2D eigenvalue weighted by atomic mass is 10.3. The molecule has 2 rings (SSSR count). The summed E-state index contributed by atoms with van der Waals surface area (Å²) in [6.07, 6.45) is 0.890. The van der Waals surface area contributed by atoms with Gasteiger partial charge in [0.2, 0.25) is 5.88 Å². The van der Waals surface area contributed by atoms with Crippen molar-refractivity contribution in [2.24, 2.45) is 0 Å². The average molecular weight is 308 g/mol. The predicted molar refractivity (Wildman–Crippen MR) is 85.7 cm³/mol. The molecule has 2 aromatic rings. The van der Waals surface area contributed by atoms with Crippen molar-refractivity contribution in [3.63, 3.8) is 0 Å². The molecular weight excluding hydrogens is 290 g/mol. The number of pyridine rings is 1. The normalized spacial score (nSPS) is 10.2. The summed E-state index contributed by atoms with van der Waals surface area (Å²) < 4.78 is 10.8. The van der Waals surface area contributed by atoms with E-state index in [0.29, 0.717) is 34.8 Å². The Kier molecular flexibility index (Phi) is 5.11. The van der Waals surface area contributed by atoms with E-state index in [4.69, 9.17) is 26.8 Å². The first-order valence-corrected chi connectivity index (χ1v) is 7.01. The number of nitrogen functional groups attached to an aromatic ring is 1. The average Bonchev–Trinajstić information content (AvgIpc) is 2.48. The zero-order valence-electron chi connectivity index (χ0n) is 12.0. The molecule has 1 heterocycles. The van der Waals surface area contributed by atoms with Gasteiger partial charge >= 0.3 is 0 Å². The van der Waals surface area contributed by atoms with Crippen molar-refractivity contribution in [3.05, 3.63) is 35.4 Å². The SMILES string of the molecule is CCCOc1nc(Nc2cc(Cl)ccc2OC)ccc1N. The number of hydrogen-bond acceptors (Lipinski definition) is 5. The molecule has 0 saturated carbocycles. The Bertz CT molecular complexity index is 620. The number of nitrogens with zero attached hydrogens (tertiary/aromatic N) is 1. The van der Waals surface area contributed by atoms with Crippen molar-refractivity contribution in [2.75, 3.05) is 24.8 Å². The lowest BCUT2D eigenvalue weighted by Gasteiger charge is -2.13. The third-order valence-electron chi connectivity index (χ3n) is 2.76. The molecule has 0 spiro atoms. The molecule has 21 heavy (non-hydrogen) atoms. The lowest BCUT2D eigenvalue weighted by molar-refractivity contribution is 0.307. The largest absolute Gasteiger partial charge is 0.495 e. The van der Waals surface area contributed by atoms with Gasteiger partial charge in [-0.3, -0.25) is 0 Å². The van der Waals surface area contributed by atoms with Crippen LogP contribution < -0.4 is 20.5 Å². The zero-order valence-corrected chi connectivity index (χ0v) is 12.8. The second kappa shape index (κ2) is 7.04. The van der Waals surface area contributed by atoms with Crippen LogP contribution in [0.1, 0.15) is 13.3 Å². The molecule has 0 amide bonds. The molecule has 1 aromatic carbocycles. The van der Waals surface area contributed by atoms with Gasteiger partial charge in [-0.1, -0.05) is 18.5 Å². The minimum absolute atomic E-state index is 0.419. The van der Waals surface area contributed by atoms with E-state index >= 15 is 0 Å². The van der Waals surface area contributed by atoms with E-state index in [1.54, 1.807) is 37.4 Å². The van der Waals surface area contributed by atoms with Crippen molar-refractivity contribution < 1.29 is 9.47 Å². The van der Waals surface area contributed by atoms with Crippen LogP contribution in [0.4, 0.5) is 17.2 Å². The molecule has 3 N–H and O–H groups in total. The standard InChI is InChI=1S/C15H18ClN3O2/c1-3-8-21-15-11(17)5-7-14(19-15)18-12-9-10(16)4-6-13(12)20-2/h4-7,9H,3,8,17H2,1-2H3,(H,18,19). The number of anilines is 3. The number of halogens is 1. The number of benzene rings is 1. The molecule has 6 heteroatoms. The highest BCUT2D eigenvalue weighted by molar-refractivity contribution is 6.31. The highest BCUT2D eigenvalue weighted by atomic mass is 35.5. The summed E-state index contributed by atoms with van der Waals surface area (Å²) in [4.78, 5) is 4.35. The summed E-state index contributed by atoms with van der Waals surface area (Å²) in [5.41, 5.74) is 7.07. The van der Waals surface area contributed by atoms with Crippen molar-refractivity contribution in [1.82, 2.24) is 4.98 Å². The van der Waals surface area contributed by atoms with E-state index in [0.717, 1.165) is 12.1 Å². The van der Waals surface area contributed by atoms with Crippen LogP contribution in [0.3, 0.4) is 0 Å². The monoisotopic (exact) mass is 307 g/mol. The van der Waals surface area contributed by atoms with Gasteiger partial charge in [-0.25, -0.2) is 0 Å². The minimum atomic E-state index is 0.419. The highest BCUT2D eigenvalue weighted by Crippen LogP contribution is 2.31. The van der Waals surface area contributed by atoms with Gasteiger partial charge in [0.1, 0.15) is 11.6 Å². The van der Waals surface area contributed by atoms with E-state index in [9.17, 15) is 0 Å². The van der Waals surface area contributed by atoms with Crippen LogP contribution in [-0.2, 0) is 0 Å². The Morgan fingerprint density at radius 1 is 1.29 bits per heavy atom. The molecule has 0 unspecified atom stereocenters. The molecular formula is C15H18ClN3O2. The van der Waals surface area contributed by atoms with E-state index in [1.165, 1.54) is 0 Å². The number of ether oxygens (including phenoxy) is 2. The maximum Gasteiger partial charge on any atom is 0.239 e. The van der Waals surface area contributed by atoms with Crippen molar-refractivity contribution >= 4 is 28.8 Å². The molecule has 112 valence electrons. The van der Waals surface area contributed by atoms with Crippen LogP contribution in [-0.4, -0.2) is 18.7 Å².